The number of imidazole rings is 1. The minimum atomic E-state index is -2.47. The maximum atomic E-state index is 12.4. The Bertz CT molecular complexity index is 481. The number of aromatic nitrogens is 2. The molecule has 0 fully saturated rings. The van der Waals surface area contributed by atoms with Crippen molar-refractivity contribution >= 4 is 42.9 Å². The van der Waals surface area contributed by atoms with E-state index in [9.17, 15) is 8.78 Å². The number of nitrogens with zero attached hydrogens (tertiary/aromatic N) is 1. The van der Waals surface area contributed by atoms with Gasteiger partial charge in [-0.2, -0.15) is 0 Å². The molecular formula is C8H4Br2F2N2. The topological polar surface area (TPSA) is 28.7 Å². The standard InChI is InChI=1S/C8H4Br2F2N2/c9-4-1-3(7(11)12)2-5-6(4)14-8(10)13-5/h1-2,7H,(H,13,14). The first-order valence-corrected chi connectivity index (χ1v) is 5.29. The molecule has 0 aliphatic heterocycles. The van der Waals surface area contributed by atoms with Gasteiger partial charge in [-0.05, 0) is 44.0 Å². The third kappa shape index (κ3) is 1.68. The number of fused-ring (bicyclic) bond motifs is 1. The molecule has 1 N–H and O–H groups in total. The van der Waals surface area contributed by atoms with Gasteiger partial charge in [0.2, 0.25) is 0 Å². The Labute approximate surface area is 95.0 Å². The molecular weight excluding hydrogens is 322 g/mol. The van der Waals surface area contributed by atoms with E-state index < -0.39 is 6.43 Å². The molecule has 0 bridgehead atoms. The van der Waals surface area contributed by atoms with Crippen LogP contribution in [0.15, 0.2) is 21.3 Å². The summed E-state index contributed by atoms with van der Waals surface area (Å²) in [6.45, 7) is 0. The van der Waals surface area contributed by atoms with Crippen molar-refractivity contribution in [3.8, 4) is 0 Å². The van der Waals surface area contributed by atoms with Gasteiger partial charge in [-0.15, -0.1) is 0 Å². The smallest absolute Gasteiger partial charge is 0.263 e. The van der Waals surface area contributed by atoms with Crippen LogP contribution in [0.3, 0.4) is 0 Å². The Balaban J connectivity index is 2.71. The molecule has 1 aromatic carbocycles. The van der Waals surface area contributed by atoms with Crippen molar-refractivity contribution in [2.24, 2.45) is 0 Å². The highest BCUT2D eigenvalue weighted by atomic mass is 79.9. The zero-order valence-electron chi connectivity index (χ0n) is 6.69. The van der Waals surface area contributed by atoms with Gasteiger partial charge in [-0.1, -0.05) is 0 Å². The van der Waals surface area contributed by atoms with Crippen LogP contribution in [0.25, 0.3) is 11.0 Å². The molecule has 2 aromatic rings. The number of alkyl halides is 2. The Morgan fingerprint density at radius 1 is 1.29 bits per heavy atom. The Kier molecular flexibility index (Phi) is 2.57. The van der Waals surface area contributed by atoms with Gasteiger partial charge in [0, 0.05) is 10.0 Å². The van der Waals surface area contributed by atoms with Crippen LogP contribution in [0.4, 0.5) is 8.78 Å². The molecule has 0 unspecified atom stereocenters. The fourth-order valence-electron chi connectivity index (χ4n) is 1.19. The van der Waals surface area contributed by atoms with E-state index in [1.165, 1.54) is 12.1 Å². The third-order valence-electron chi connectivity index (χ3n) is 1.79. The summed E-state index contributed by atoms with van der Waals surface area (Å²) in [7, 11) is 0. The maximum Gasteiger partial charge on any atom is 0.263 e. The lowest BCUT2D eigenvalue weighted by Gasteiger charge is -2.00. The molecule has 0 atom stereocenters. The fraction of sp³-hybridized carbons (Fsp3) is 0.125. The van der Waals surface area contributed by atoms with Gasteiger partial charge in [-0.3, -0.25) is 0 Å². The lowest BCUT2D eigenvalue weighted by molar-refractivity contribution is 0.151. The van der Waals surface area contributed by atoms with Gasteiger partial charge in [0.05, 0.1) is 5.52 Å². The van der Waals surface area contributed by atoms with Gasteiger partial charge < -0.3 is 4.98 Å². The summed E-state index contributed by atoms with van der Waals surface area (Å²) in [6, 6.07) is 2.77. The van der Waals surface area contributed by atoms with Crippen LogP contribution in [0.1, 0.15) is 12.0 Å². The second kappa shape index (κ2) is 3.58. The molecule has 1 aromatic heterocycles. The molecule has 0 spiro atoms. The Morgan fingerprint density at radius 3 is 2.64 bits per heavy atom. The lowest BCUT2D eigenvalue weighted by atomic mass is 10.2. The zero-order chi connectivity index (χ0) is 10.3. The number of rotatable bonds is 1. The number of benzene rings is 1. The number of hydrogen-bond donors (Lipinski definition) is 1. The summed E-state index contributed by atoms with van der Waals surface area (Å²) in [5.41, 5.74) is 1.20. The summed E-state index contributed by atoms with van der Waals surface area (Å²) in [6.07, 6.45) is -2.47. The number of H-pyrrole nitrogens is 1. The number of nitrogens with one attached hydrogen (secondary N) is 1. The van der Waals surface area contributed by atoms with E-state index in [0.29, 0.717) is 20.2 Å². The molecule has 14 heavy (non-hydrogen) atoms. The predicted molar refractivity (Wildman–Crippen MR) is 56.5 cm³/mol. The molecule has 1 heterocycles. The van der Waals surface area contributed by atoms with E-state index in [1.807, 2.05) is 0 Å². The summed E-state index contributed by atoms with van der Waals surface area (Å²) < 4.78 is 25.9. The van der Waals surface area contributed by atoms with Gasteiger partial charge >= 0.3 is 0 Å². The fourth-order valence-corrected chi connectivity index (χ4v) is 2.15. The second-order valence-electron chi connectivity index (χ2n) is 2.73. The average molecular weight is 326 g/mol. The predicted octanol–water partition coefficient (Wildman–Crippen LogP) is 4.03. The van der Waals surface area contributed by atoms with Crippen molar-refractivity contribution in [2.45, 2.75) is 6.43 Å². The monoisotopic (exact) mass is 324 g/mol. The normalized spacial score (nSPS) is 11.5. The highest BCUT2D eigenvalue weighted by Crippen LogP contribution is 2.29. The zero-order valence-corrected chi connectivity index (χ0v) is 9.86. The summed E-state index contributed by atoms with van der Waals surface area (Å²) >= 11 is 6.34. The SMILES string of the molecule is FC(F)c1cc(Br)c2nc(Br)[nH]c2c1. The van der Waals surface area contributed by atoms with Crippen LogP contribution < -0.4 is 0 Å². The molecule has 0 radical (unpaired) electrons. The second-order valence-corrected chi connectivity index (χ2v) is 4.33. The van der Waals surface area contributed by atoms with Crippen LogP contribution >= 0.6 is 31.9 Å². The van der Waals surface area contributed by atoms with Crippen LogP contribution in [-0.4, -0.2) is 9.97 Å². The number of halogens is 4. The first-order valence-electron chi connectivity index (χ1n) is 3.70. The first-order chi connectivity index (χ1) is 6.58. The first kappa shape index (κ1) is 10.0. The highest BCUT2D eigenvalue weighted by Gasteiger charge is 2.12. The third-order valence-corrected chi connectivity index (χ3v) is 2.77. The minimum Gasteiger partial charge on any atom is -0.332 e. The van der Waals surface area contributed by atoms with Crippen molar-refractivity contribution in [1.29, 1.82) is 0 Å². The van der Waals surface area contributed by atoms with Crippen LogP contribution in [0.5, 0.6) is 0 Å². The van der Waals surface area contributed by atoms with E-state index in [1.54, 1.807) is 0 Å². The largest absolute Gasteiger partial charge is 0.332 e. The van der Waals surface area contributed by atoms with E-state index in [-0.39, 0.29) is 5.56 Å². The van der Waals surface area contributed by atoms with Crippen molar-refractivity contribution in [1.82, 2.24) is 9.97 Å². The van der Waals surface area contributed by atoms with E-state index in [4.69, 9.17) is 0 Å². The van der Waals surface area contributed by atoms with Crippen LogP contribution in [-0.2, 0) is 0 Å². The summed E-state index contributed by atoms with van der Waals surface area (Å²) in [4.78, 5) is 6.92. The Morgan fingerprint density at radius 2 is 2.00 bits per heavy atom. The van der Waals surface area contributed by atoms with Gasteiger partial charge in [0.15, 0.2) is 4.73 Å². The molecule has 0 aliphatic rings. The maximum absolute atomic E-state index is 12.4. The highest BCUT2D eigenvalue weighted by molar-refractivity contribution is 9.11. The molecule has 0 aliphatic carbocycles. The molecule has 0 saturated heterocycles. The molecule has 0 amide bonds. The number of hydrogen-bond acceptors (Lipinski definition) is 1. The molecule has 6 heteroatoms. The van der Waals surface area contributed by atoms with E-state index in [0.717, 1.165) is 0 Å². The van der Waals surface area contributed by atoms with Crippen LogP contribution in [0.2, 0.25) is 0 Å². The summed E-state index contributed by atoms with van der Waals surface area (Å²) in [5.74, 6) is 0. The van der Waals surface area contributed by atoms with Gasteiger partial charge in [-0.25, -0.2) is 13.8 Å². The molecule has 0 saturated carbocycles. The lowest BCUT2D eigenvalue weighted by Crippen LogP contribution is -1.84. The summed E-state index contributed by atoms with van der Waals surface area (Å²) in [5, 5.41) is 0. The van der Waals surface area contributed by atoms with Crippen LogP contribution in [0, 0.1) is 0 Å². The van der Waals surface area contributed by atoms with E-state index >= 15 is 0 Å². The average Bonchev–Trinajstić information content (AvgIpc) is 2.45. The van der Waals surface area contributed by atoms with Crippen molar-refractivity contribution in [3.63, 3.8) is 0 Å². The van der Waals surface area contributed by atoms with Crippen molar-refractivity contribution in [3.05, 3.63) is 26.9 Å². The molecule has 2 nitrogen and oxygen atoms in total. The number of aromatic amines is 1. The quantitative estimate of drug-likeness (QED) is 0.842. The van der Waals surface area contributed by atoms with Gasteiger partial charge in [0.25, 0.3) is 6.43 Å². The van der Waals surface area contributed by atoms with Crippen molar-refractivity contribution in [2.75, 3.05) is 0 Å². The molecule has 74 valence electrons. The molecule has 2 rings (SSSR count). The minimum absolute atomic E-state index is 0.0273. The van der Waals surface area contributed by atoms with E-state index in [2.05, 4.69) is 41.8 Å². The Hall–Kier alpha value is -0.490. The van der Waals surface area contributed by atoms with Gasteiger partial charge in [0.1, 0.15) is 5.52 Å². The van der Waals surface area contributed by atoms with Crippen molar-refractivity contribution < 1.29 is 8.78 Å².